The van der Waals surface area contributed by atoms with Crippen molar-refractivity contribution in [1.82, 2.24) is 20.2 Å². The van der Waals surface area contributed by atoms with Crippen LogP contribution in [0.5, 0.6) is 0 Å². The number of rotatable bonds is 6. The third kappa shape index (κ3) is 4.80. The first-order valence-electron chi connectivity index (χ1n) is 7.73. The highest BCUT2D eigenvalue weighted by Gasteiger charge is 2.25. The zero-order valence-electron chi connectivity index (χ0n) is 13.5. The van der Waals surface area contributed by atoms with Crippen molar-refractivity contribution in [2.24, 2.45) is 5.73 Å². The van der Waals surface area contributed by atoms with E-state index in [-0.39, 0.29) is 30.7 Å². The molecule has 2 heterocycles. The minimum absolute atomic E-state index is 0.0200. The molecule has 0 saturated heterocycles. The number of nitrogens with zero attached hydrogens (tertiary/aromatic N) is 2. The molecule has 2 atom stereocenters. The summed E-state index contributed by atoms with van der Waals surface area (Å²) in [6.07, 6.45) is 3.80. The van der Waals surface area contributed by atoms with Gasteiger partial charge in [-0.1, -0.05) is 0 Å². The molecule has 0 aliphatic carbocycles. The topological polar surface area (TPSA) is 119 Å². The van der Waals surface area contributed by atoms with E-state index >= 15 is 0 Å². The quantitative estimate of drug-likeness (QED) is 0.647. The van der Waals surface area contributed by atoms with Gasteiger partial charge in [0.05, 0.1) is 5.69 Å². The molecule has 0 radical (unpaired) electrons. The largest absolute Gasteiger partial charge is 0.370 e. The van der Waals surface area contributed by atoms with Gasteiger partial charge in [0, 0.05) is 38.5 Å². The molecule has 1 aromatic heterocycles. The number of hydrogen-bond donors (Lipinski definition) is 3. The molecular formula is C15H23N5O3. The minimum Gasteiger partial charge on any atom is -0.370 e. The van der Waals surface area contributed by atoms with Crippen molar-refractivity contribution in [1.29, 1.82) is 0 Å². The Morgan fingerprint density at radius 3 is 2.87 bits per heavy atom. The lowest BCUT2D eigenvalue weighted by molar-refractivity contribution is -0.129. The number of nitrogens with two attached hydrogens (primary N) is 1. The summed E-state index contributed by atoms with van der Waals surface area (Å²) in [5, 5.41) is 5.51. The number of fused-ring (bicyclic) bond motifs is 1. The fourth-order valence-electron chi connectivity index (χ4n) is 2.81. The molecule has 0 saturated carbocycles. The van der Waals surface area contributed by atoms with E-state index in [1.165, 1.54) is 6.92 Å². The summed E-state index contributed by atoms with van der Waals surface area (Å²) in [6, 6.07) is -0.764. The molecule has 0 bridgehead atoms. The first kappa shape index (κ1) is 17.0. The molecule has 2 rings (SSSR count). The van der Waals surface area contributed by atoms with E-state index in [2.05, 4.69) is 15.6 Å². The molecule has 0 fully saturated rings. The number of nitrogens with one attached hydrogen (secondary N) is 2. The van der Waals surface area contributed by atoms with Gasteiger partial charge < -0.3 is 20.9 Å². The molecule has 0 unspecified atom stereocenters. The average molecular weight is 321 g/mol. The van der Waals surface area contributed by atoms with Gasteiger partial charge in [0.1, 0.15) is 11.9 Å². The molecule has 1 aliphatic heterocycles. The standard InChI is InChI=1S/C15H23N5O3/c1-9-7-20-8-11(3-6-14(20)17-9)19-15(23)12(18-10(2)21)4-5-13(16)22/h7,11-12H,3-6,8H2,1-2H3,(H2,16,22)(H,18,21)(H,19,23)/t11-,12-/m1/s1. The van der Waals surface area contributed by atoms with Gasteiger partial charge in [-0.3, -0.25) is 14.4 Å². The van der Waals surface area contributed by atoms with Crippen LogP contribution in [0.3, 0.4) is 0 Å². The minimum atomic E-state index is -0.745. The van der Waals surface area contributed by atoms with E-state index in [4.69, 9.17) is 5.73 Å². The lowest BCUT2D eigenvalue weighted by Crippen LogP contribution is -2.51. The highest BCUT2D eigenvalue weighted by Crippen LogP contribution is 2.15. The number of amides is 3. The van der Waals surface area contributed by atoms with E-state index in [9.17, 15) is 14.4 Å². The van der Waals surface area contributed by atoms with Gasteiger partial charge in [-0.25, -0.2) is 4.98 Å². The van der Waals surface area contributed by atoms with Crippen LogP contribution in [0.25, 0.3) is 0 Å². The number of aryl methyl sites for hydroxylation is 2. The molecule has 8 heteroatoms. The predicted octanol–water partition coefficient (Wildman–Crippen LogP) is -0.607. The molecule has 126 valence electrons. The van der Waals surface area contributed by atoms with Gasteiger partial charge in [-0.2, -0.15) is 0 Å². The van der Waals surface area contributed by atoms with Gasteiger partial charge >= 0.3 is 0 Å². The predicted molar refractivity (Wildman–Crippen MR) is 83.2 cm³/mol. The fraction of sp³-hybridized carbons (Fsp3) is 0.600. The third-order valence-electron chi connectivity index (χ3n) is 3.83. The second-order valence-electron chi connectivity index (χ2n) is 5.95. The number of hydrogen-bond acceptors (Lipinski definition) is 4. The van der Waals surface area contributed by atoms with E-state index in [1.807, 2.05) is 17.7 Å². The van der Waals surface area contributed by atoms with E-state index < -0.39 is 11.9 Å². The smallest absolute Gasteiger partial charge is 0.242 e. The van der Waals surface area contributed by atoms with Gasteiger partial charge in [0.2, 0.25) is 17.7 Å². The van der Waals surface area contributed by atoms with Crippen molar-refractivity contribution in [3.05, 3.63) is 17.7 Å². The van der Waals surface area contributed by atoms with Crippen LogP contribution in [0, 0.1) is 6.92 Å². The molecule has 0 aromatic carbocycles. The van der Waals surface area contributed by atoms with Crippen molar-refractivity contribution in [3.8, 4) is 0 Å². The first-order chi connectivity index (χ1) is 10.8. The maximum atomic E-state index is 12.4. The summed E-state index contributed by atoms with van der Waals surface area (Å²) in [5.41, 5.74) is 6.08. The van der Waals surface area contributed by atoms with E-state index in [0.717, 1.165) is 24.4 Å². The molecule has 3 amide bonds. The van der Waals surface area contributed by atoms with Gasteiger partial charge in [0.15, 0.2) is 0 Å². The van der Waals surface area contributed by atoms with Crippen LogP contribution >= 0.6 is 0 Å². The molecule has 4 N–H and O–H groups in total. The second-order valence-corrected chi connectivity index (χ2v) is 5.95. The van der Waals surface area contributed by atoms with Crippen LogP contribution < -0.4 is 16.4 Å². The first-order valence-corrected chi connectivity index (χ1v) is 7.73. The van der Waals surface area contributed by atoms with Crippen LogP contribution in [-0.4, -0.2) is 39.4 Å². The molecule has 23 heavy (non-hydrogen) atoms. The lowest BCUT2D eigenvalue weighted by atomic mass is 10.1. The van der Waals surface area contributed by atoms with Crippen molar-refractivity contribution in [2.75, 3.05) is 0 Å². The third-order valence-corrected chi connectivity index (χ3v) is 3.83. The molecule has 1 aliphatic rings. The van der Waals surface area contributed by atoms with Crippen LogP contribution in [0.4, 0.5) is 0 Å². The van der Waals surface area contributed by atoms with Crippen molar-refractivity contribution in [2.45, 2.75) is 58.2 Å². The monoisotopic (exact) mass is 321 g/mol. The van der Waals surface area contributed by atoms with Crippen LogP contribution in [-0.2, 0) is 27.3 Å². The SMILES string of the molecule is CC(=O)N[C@H](CCC(N)=O)C(=O)N[C@@H]1CCc2nc(C)cn2C1. The van der Waals surface area contributed by atoms with Crippen molar-refractivity contribution >= 4 is 17.7 Å². The van der Waals surface area contributed by atoms with Gasteiger partial charge in [-0.05, 0) is 19.8 Å². The number of carbonyl (C=O) groups is 3. The highest BCUT2D eigenvalue weighted by molar-refractivity contribution is 5.87. The summed E-state index contributed by atoms with van der Waals surface area (Å²) in [6.45, 7) is 3.94. The molecule has 8 nitrogen and oxygen atoms in total. The van der Waals surface area contributed by atoms with E-state index in [1.54, 1.807) is 0 Å². The Labute approximate surface area is 134 Å². The Morgan fingerprint density at radius 1 is 1.48 bits per heavy atom. The van der Waals surface area contributed by atoms with E-state index in [0.29, 0.717) is 6.54 Å². The van der Waals surface area contributed by atoms with Crippen molar-refractivity contribution in [3.63, 3.8) is 0 Å². The number of carbonyl (C=O) groups excluding carboxylic acids is 3. The summed E-state index contributed by atoms with van der Waals surface area (Å²) in [4.78, 5) is 39.0. The van der Waals surface area contributed by atoms with Crippen LogP contribution in [0.2, 0.25) is 0 Å². The van der Waals surface area contributed by atoms with Crippen LogP contribution in [0.15, 0.2) is 6.20 Å². The summed E-state index contributed by atoms with van der Waals surface area (Å²) in [5.74, 6) is -0.0676. The van der Waals surface area contributed by atoms with Crippen LogP contribution in [0.1, 0.15) is 37.7 Å². The molecule has 0 spiro atoms. The Morgan fingerprint density at radius 2 is 2.22 bits per heavy atom. The number of aromatic nitrogens is 2. The summed E-state index contributed by atoms with van der Waals surface area (Å²) >= 11 is 0. The normalized spacial score (nSPS) is 17.9. The lowest BCUT2D eigenvalue weighted by Gasteiger charge is -2.27. The second kappa shape index (κ2) is 7.26. The van der Waals surface area contributed by atoms with Gasteiger partial charge in [-0.15, -0.1) is 0 Å². The van der Waals surface area contributed by atoms with Crippen molar-refractivity contribution < 1.29 is 14.4 Å². The molecule has 1 aromatic rings. The zero-order valence-corrected chi connectivity index (χ0v) is 13.5. The van der Waals surface area contributed by atoms with Gasteiger partial charge in [0.25, 0.3) is 0 Å². The zero-order chi connectivity index (χ0) is 17.0. The Bertz CT molecular complexity index is 610. The molecular weight excluding hydrogens is 298 g/mol. The highest BCUT2D eigenvalue weighted by atomic mass is 16.2. The fourth-order valence-corrected chi connectivity index (χ4v) is 2.81. The average Bonchev–Trinajstić information content (AvgIpc) is 2.82. The summed E-state index contributed by atoms with van der Waals surface area (Å²) < 4.78 is 2.04. The maximum Gasteiger partial charge on any atom is 0.242 e. The number of primary amides is 1. The Hall–Kier alpha value is -2.38. The summed E-state index contributed by atoms with van der Waals surface area (Å²) in [7, 11) is 0. The number of imidazole rings is 1. The Balaban J connectivity index is 1.95. The Kier molecular flexibility index (Phi) is 5.36. The maximum absolute atomic E-state index is 12.4.